The monoisotopic (exact) mass is 673 g/mol. The molecule has 1 saturated heterocycles. The van der Waals surface area contributed by atoms with Gasteiger partial charge in [0.05, 0.1) is 29.5 Å². The third-order valence-corrected chi connectivity index (χ3v) is 14.1. The second-order valence-corrected chi connectivity index (χ2v) is 16.7. The number of fused-ring (bicyclic) bond motifs is 5. The van der Waals surface area contributed by atoms with Crippen LogP contribution >= 0.6 is 0 Å². The zero-order chi connectivity index (χ0) is 34.2. The lowest BCUT2D eigenvalue weighted by atomic mass is 9.41. The summed E-state index contributed by atoms with van der Waals surface area (Å²) in [7, 11) is 0. The Morgan fingerprint density at radius 3 is 2.40 bits per heavy atom. The average molecular weight is 674 g/mol. The SMILES string of the molecule is CCCCCCCCCCN=C[C@]12CC[C@H](O[C@@H]3C[C@H](O)[C@H](O)[C@H](C)O3)C[C@]1(O)CC[C@@H]1[C@@H]2CC[C@@]2(C)[C@H](C3=CC(=O)OC3)CC[C@]12O. The molecular formula is C39H63NO8. The van der Waals surface area contributed by atoms with Crippen LogP contribution in [0.15, 0.2) is 16.6 Å². The minimum Gasteiger partial charge on any atom is -0.458 e. The van der Waals surface area contributed by atoms with Crippen molar-refractivity contribution in [3.8, 4) is 0 Å². The summed E-state index contributed by atoms with van der Waals surface area (Å²) in [4.78, 5) is 17.1. The third kappa shape index (κ3) is 6.58. The smallest absolute Gasteiger partial charge is 0.331 e. The van der Waals surface area contributed by atoms with Crippen LogP contribution < -0.4 is 0 Å². The Kier molecular flexibility index (Phi) is 11.2. The predicted molar refractivity (Wildman–Crippen MR) is 183 cm³/mol. The van der Waals surface area contributed by atoms with Crippen LogP contribution in [-0.2, 0) is 19.0 Å². The molecule has 4 aliphatic carbocycles. The van der Waals surface area contributed by atoms with Gasteiger partial charge in [0.15, 0.2) is 6.29 Å². The summed E-state index contributed by atoms with van der Waals surface area (Å²) >= 11 is 0. The Balaban J connectivity index is 1.19. The Morgan fingerprint density at radius 2 is 1.69 bits per heavy atom. The first kappa shape index (κ1) is 36.4. The van der Waals surface area contributed by atoms with Crippen molar-refractivity contribution in [3.05, 3.63) is 11.6 Å². The molecule has 2 heterocycles. The van der Waals surface area contributed by atoms with Gasteiger partial charge in [-0.1, -0.05) is 58.8 Å². The molecule has 272 valence electrons. The average Bonchev–Trinajstić information content (AvgIpc) is 3.60. The van der Waals surface area contributed by atoms with E-state index in [2.05, 4.69) is 20.1 Å². The molecular weight excluding hydrogens is 610 g/mol. The van der Waals surface area contributed by atoms with Crippen LogP contribution in [0.4, 0.5) is 0 Å². The van der Waals surface area contributed by atoms with Crippen LogP contribution in [0, 0.1) is 28.6 Å². The molecule has 5 fully saturated rings. The number of hydrogen-bond donors (Lipinski definition) is 4. The number of ether oxygens (including phenoxy) is 3. The quantitative estimate of drug-likeness (QED) is 0.0835. The maximum absolute atomic E-state index is 12.8. The Morgan fingerprint density at radius 1 is 0.958 bits per heavy atom. The number of nitrogens with zero attached hydrogens (tertiary/aromatic N) is 1. The normalized spacial score (nSPS) is 45.8. The van der Waals surface area contributed by atoms with Gasteiger partial charge in [0.2, 0.25) is 0 Å². The Bertz CT molecular complexity index is 1180. The molecule has 9 nitrogen and oxygen atoms in total. The van der Waals surface area contributed by atoms with Gasteiger partial charge in [-0.2, -0.15) is 0 Å². The van der Waals surface area contributed by atoms with Gasteiger partial charge in [0.1, 0.15) is 12.7 Å². The highest BCUT2D eigenvalue weighted by Crippen LogP contribution is 2.70. The molecule has 0 amide bonds. The number of aliphatic hydroxyl groups is 4. The van der Waals surface area contributed by atoms with Crippen LogP contribution in [0.5, 0.6) is 0 Å². The number of hydrogen-bond acceptors (Lipinski definition) is 9. The van der Waals surface area contributed by atoms with Crippen LogP contribution in [0.1, 0.15) is 136 Å². The molecule has 9 heteroatoms. The van der Waals surface area contributed by atoms with Gasteiger partial charge in [-0.25, -0.2) is 4.79 Å². The van der Waals surface area contributed by atoms with Crippen molar-refractivity contribution in [2.24, 2.45) is 33.6 Å². The van der Waals surface area contributed by atoms with Crippen LogP contribution in [0.2, 0.25) is 0 Å². The van der Waals surface area contributed by atoms with E-state index in [4.69, 9.17) is 19.2 Å². The van der Waals surface area contributed by atoms with Crippen molar-refractivity contribution in [2.45, 2.75) is 178 Å². The molecule has 6 rings (SSSR count). The summed E-state index contributed by atoms with van der Waals surface area (Å²) in [6.07, 6.45) is 17.2. The number of cyclic esters (lactones) is 1. The second-order valence-electron chi connectivity index (χ2n) is 16.7. The summed E-state index contributed by atoms with van der Waals surface area (Å²) in [5, 5.41) is 46.1. The van der Waals surface area contributed by atoms with E-state index in [0.717, 1.165) is 50.6 Å². The standard InChI is InChI=1S/C39H63NO8/c1-4-5-6-7-8-9-10-11-20-40-25-37-17-12-28(48-34-22-32(41)35(43)26(2)47-34)23-38(37,44)18-14-31-30(37)13-16-36(3)29(15-19-39(31,36)45)27-21-33(42)46-24-27/h21,25-26,28-32,34-35,41,43-45H,4-20,22-24H2,1-3H3/t26-,28-,29-,30-,31+,32-,34+,35+,36-,37-,38+,39-/m0/s1. The van der Waals surface area contributed by atoms with E-state index in [1.165, 1.54) is 44.9 Å². The van der Waals surface area contributed by atoms with Gasteiger partial charge in [-0.15, -0.1) is 0 Å². The van der Waals surface area contributed by atoms with Crippen molar-refractivity contribution in [3.63, 3.8) is 0 Å². The van der Waals surface area contributed by atoms with Gasteiger partial charge in [0, 0.05) is 42.5 Å². The lowest BCUT2D eigenvalue weighted by molar-refractivity contribution is -0.282. The van der Waals surface area contributed by atoms with Gasteiger partial charge in [-0.3, -0.25) is 4.99 Å². The first-order chi connectivity index (χ1) is 23.0. The van der Waals surface area contributed by atoms with E-state index in [9.17, 15) is 25.2 Å². The number of aliphatic hydroxyl groups excluding tert-OH is 2. The maximum atomic E-state index is 12.8. The van der Waals surface area contributed by atoms with E-state index < -0.39 is 41.2 Å². The minimum absolute atomic E-state index is 0.0337. The van der Waals surface area contributed by atoms with Gasteiger partial charge in [0.25, 0.3) is 0 Å². The van der Waals surface area contributed by atoms with E-state index in [1.54, 1.807) is 13.0 Å². The van der Waals surface area contributed by atoms with E-state index in [1.807, 2.05) is 0 Å². The fraction of sp³-hybridized carbons (Fsp3) is 0.897. The minimum atomic E-state index is -1.03. The van der Waals surface area contributed by atoms with Gasteiger partial charge < -0.3 is 34.6 Å². The number of carbonyl (C=O) groups excluding carboxylic acids is 1. The van der Waals surface area contributed by atoms with Crippen molar-refractivity contribution in [1.29, 1.82) is 0 Å². The molecule has 4 saturated carbocycles. The summed E-state index contributed by atoms with van der Waals surface area (Å²) in [6, 6.07) is 0. The molecule has 2 aliphatic heterocycles. The zero-order valence-corrected chi connectivity index (χ0v) is 29.8. The van der Waals surface area contributed by atoms with Crippen LogP contribution in [-0.4, -0.2) is 87.7 Å². The van der Waals surface area contributed by atoms with Crippen molar-refractivity contribution >= 4 is 12.2 Å². The molecule has 0 bridgehead atoms. The van der Waals surface area contributed by atoms with Crippen LogP contribution in [0.25, 0.3) is 0 Å². The number of unbranched alkanes of at least 4 members (excludes halogenated alkanes) is 7. The van der Waals surface area contributed by atoms with E-state index in [0.29, 0.717) is 32.3 Å². The molecule has 4 N–H and O–H groups in total. The predicted octanol–water partition coefficient (Wildman–Crippen LogP) is 5.79. The van der Waals surface area contributed by atoms with Gasteiger partial charge >= 0.3 is 5.97 Å². The lowest BCUT2D eigenvalue weighted by Gasteiger charge is -2.66. The summed E-state index contributed by atoms with van der Waals surface area (Å²) in [6.45, 7) is 7.31. The topological polar surface area (TPSA) is 138 Å². The summed E-state index contributed by atoms with van der Waals surface area (Å²) in [5.74, 6) is -0.0240. The number of carbonyl (C=O) groups is 1. The molecule has 0 radical (unpaired) electrons. The number of esters is 1. The Labute approximate surface area is 287 Å². The van der Waals surface area contributed by atoms with E-state index in [-0.39, 0.29) is 41.7 Å². The fourth-order valence-electron chi connectivity index (χ4n) is 11.3. The highest BCUT2D eigenvalue weighted by atomic mass is 16.7. The highest BCUT2D eigenvalue weighted by molar-refractivity contribution is 5.85. The molecule has 0 spiro atoms. The molecule has 0 aromatic carbocycles. The second kappa shape index (κ2) is 14.7. The van der Waals surface area contributed by atoms with Crippen molar-refractivity contribution in [2.75, 3.05) is 13.2 Å². The van der Waals surface area contributed by atoms with Gasteiger partial charge in [-0.05, 0) is 88.0 Å². The summed E-state index contributed by atoms with van der Waals surface area (Å²) < 4.78 is 17.6. The molecule has 0 unspecified atom stereocenters. The highest BCUT2D eigenvalue weighted by Gasteiger charge is 2.71. The molecule has 48 heavy (non-hydrogen) atoms. The van der Waals surface area contributed by atoms with Crippen molar-refractivity contribution < 1.29 is 39.4 Å². The van der Waals surface area contributed by atoms with Crippen LogP contribution in [0.3, 0.4) is 0 Å². The molecule has 0 aromatic rings. The van der Waals surface area contributed by atoms with Crippen molar-refractivity contribution in [1.82, 2.24) is 0 Å². The number of rotatable bonds is 13. The number of aliphatic imine (C=N–C) groups is 1. The third-order valence-electron chi connectivity index (χ3n) is 14.1. The van der Waals surface area contributed by atoms with E-state index >= 15 is 0 Å². The first-order valence-electron chi connectivity index (χ1n) is 19.5. The fourth-order valence-corrected chi connectivity index (χ4v) is 11.3. The lowest BCUT2D eigenvalue weighted by Crippen LogP contribution is -2.69. The largest absolute Gasteiger partial charge is 0.458 e. The molecule has 12 atom stereocenters. The molecule has 0 aromatic heterocycles. The Hall–Kier alpha value is -1.36. The first-order valence-corrected chi connectivity index (χ1v) is 19.5. The maximum Gasteiger partial charge on any atom is 0.331 e. The zero-order valence-electron chi connectivity index (χ0n) is 29.8. The summed E-state index contributed by atoms with van der Waals surface area (Å²) in [5.41, 5.74) is -1.80. The molecule has 6 aliphatic rings.